The van der Waals surface area contributed by atoms with Crippen LogP contribution in [0.2, 0.25) is 0 Å². The van der Waals surface area contributed by atoms with Crippen molar-refractivity contribution in [1.29, 1.82) is 0 Å². The van der Waals surface area contributed by atoms with Gasteiger partial charge >= 0.3 is 11.8 Å². The Bertz CT molecular complexity index is 2600. The van der Waals surface area contributed by atoms with Crippen LogP contribution >= 0.6 is 0 Å². The first kappa shape index (κ1) is 36.9. The molecular formula is C36H26N4O12S2. The number of fused-ring (bicyclic) bond motifs is 2. The molecular weight excluding hydrogens is 745 g/mol. The minimum absolute atomic E-state index is 0.00873. The Labute approximate surface area is 305 Å². The summed E-state index contributed by atoms with van der Waals surface area (Å²) in [5.74, 6) is -4.64. The van der Waals surface area contributed by atoms with Gasteiger partial charge in [0.2, 0.25) is 0 Å². The summed E-state index contributed by atoms with van der Waals surface area (Å²) < 4.78 is 64.9. The van der Waals surface area contributed by atoms with Crippen LogP contribution in [0.3, 0.4) is 0 Å². The Morgan fingerprint density at radius 1 is 0.463 bits per heavy atom. The second-order valence-corrected chi connectivity index (χ2v) is 14.5. The van der Waals surface area contributed by atoms with E-state index in [0.717, 1.165) is 24.3 Å². The fourth-order valence-electron chi connectivity index (χ4n) is 5.33. The number of hydrogen-bond acceptors (Lipinski definition) is 10. The average molecular weight is 771 g/mol. The van der Waals surface area contributed by atoms with E-state index < -0.39 is 65.2 Å². The maximum atomic E-state index is 13.0. The molecule has 0 saturated heterocycles. The Kier molecular flexibility index (Phi) is 9.76. The van der Waals surface area contributed by atoms with Crippen molar-refractivity contribution in [1.82, 2.24) is 0 Å². The molecule has 0 bridgehead atoms. The maximum Gasteiger partial charge on any atom is 0.314 e. The molecule has 4 amide bonds. The summed E-state index contributed by atoms with van der Waals surface area (Å²) in [5, 5.41) is 32.1. The van der Waals surface area contributed by atoms with E-state index in [4.69, 9.17) is 0 Å². The van der Waals surface area contributed by atoms with E-state index in [0.29, 0.717) is 10.8 Å². The molecule has 0 aliphatic heterocycles. The van der Waals surface area contributed by atoms with Crippen molar-refractivity contribution in [2.24, 2.45) is 0 Å². The second-order valence-electron chi connectivity index (χ2n) is 11.6. The summed E-state index contributed by atoms with van der Waals surface area (Å²) >= 11 is 0. The molecule has 16 nitrogen and oxygen atoms in total. The fraction of sp³-hybridized carbons (Fsp3) is 0. The largest absolute Gasteiger partial charge is 0.505 e. The average Bonchev–Trinajstić information content (AvgIpc) is 3.13. The van der Waals surface area contributed by atoms with E-state index >= 15 is 0 Å². The van der Waals surface area contributed by atoms with Crippen LogP contribution in [0.5, 0.6) is 11.5 Å². The molecule has 0 saturated carbocycles. The first-order valence-corrected chi connectivity index (χ1v) is 18.3. The number of nitrogens with one attached hydrogen (secondary N) is 4. The van der Waals surface area contributed by atoms with Crippen molar-refractivity contribution in [3.8, 4) is 11.5 Å². The number of anilines is 4. The molecule has 0 aliphatic carbocycles. The highest BCUT2D eigenvalue weighted by Gasteiger charge is 2.19. The van der Waals surface area contributed by atoms with Crippen LogP contribution in [0.25, 0.3) is 21.5 Å². The molecule has 0 aliphatic rings. The minimum Gasteiger partial charge on any atom is -0.505 e. The van der Waals surface area contributed by atoms with E-state index in [-0.39, 0.29) is 44.6 Å². The molecule has 18 heteroatoms. The second kappa shape index (κ2) is 14.3. The zero-order chi connectivity index (χ0) is 38.9. The third-order valence-corrected chi connectivity index (χ3v) is 9.69. The van der Waals surface area contributed by atoms with Crippen LogP contribution in [0.4, 0.5) is 22.7 Å². The molecule has 0 atom stereocenters. The molecule has 0 aromatic heterocycles. The molecule has 0 unspecified atom stereocenters. The van der Waals surface area contributed by atoms with Crippen molar-refractivity contribution in [3.63, 3.8) is 0 Å². The summed E-state index contributed by atoms with van der Waals surface area (Å²) in [6.07, 6.45) is 0. The van der Waals surface area contributed by atoms with Gasteiger partial charge in [-0.25, -0.2) is 0 Å². The molecule has 54 heavy (non-hydrogen) atoms. The normalized spacial score (nSPS) is 11.5. The van der Waals surface area contributed by atoms with E-state index in [9.17, 15) is 55.3 Å². The highest BCUT2D eigenvalue weighted by molar-refractivity contribution is 7.86. The van der Waals surface area contributed by atoms with Gasteiger partial charge in [0.05, 0.1) is 21.2 Å². The summed E-state index contributed by atoms with van der Waals surface area (Å²) in [4.78, 5) is 50.7. The van der Waals surface area contributed by atoms with E-state index in [1.54, 1.807) is 0 Å². The van der Waals surface area contributed by atoms with Crippen molar-refractivity contribution >= 4 is 88.2 Å². The zero-order valence-electron chi connectivity index (χ0n) is 27.3. The van der Waals surface area contributed by atoms with E-state index in [1.807, 2.05) is 0 Å². The molecule has 6 aromatic carbocycles. The Balaban J connectivity index is 1.11. The zero-order valence-corrected chi connectivity index (χ0v) is 28.9. The number of aromatic hydroxyl groups is 2. The van der Waals surface area contributed by atoms with Gasteiger partial charge in [-0.1, -0.05) is 36.4 Å². The third-order valence-electron chi connectivity index (χ3n) is 7.99. The standard InChI is InChI=1S/C36H26N4O12S2/c41-31-27-17-25(53(47,48)49)11-7-19(27)9-13-29(31)39-33(43)21-3-1-5-23(15-21)37-35(45)36(46)38-24-6-2-4-22(16-24)34(44)40-30-14-10-20-8-12-26(54(50,51)52)18-28(20)32(30)42/h1-18,41-42H,(H,37,45)(H,38,46)(H,39,43)(H,40,44)(H,47,48,49)(H,50,51,52). The lowest BCUT2D eigenvalue weighted by molar-refractivity contribution is -0.132. The minimum atomic E-state index is -4.56. The first-order valence-electron chi connectivity index (χ1n) is 15.4. The highest BCUT2D eigenvalue weighted by atomic mass is 32.2. The fourth-order valence-corrected chi connectivity index (χ4v) is 6.34. The van der Waals surface area contributed by atoms with Gasteiger partial charge in [0.15, 0.2) is 0 Å². The van der Waals surface area contributed by atoms with Gasteiger partial charge in [-0.15, -0.1) is 0 Å². The number of benzene rings is 6. The van der Waals surface area contributed by atoms with Crippen LogP contribution in [0.15, 0.2) is 119 Å². The lowest BCUT2D eigenvalue weighted by Gasteiger charge is -2.12. The molecule has 6 rings (SSSR count). The predicted octanol–water partition coefficient (Wildman–Crippen LogP) is 4.98. The number of hydrogen-bond donors (Lipinski definition) is 8. The molecule has 0 heterocycles. The van der Waals surface area contributed by atoms with Crippen molar-refractivity contribution in [2.45, 2.75) is 9.79 Å². The van der Waals surface area contributed by atoms with Crippen LogP contribution in [0.1, 0.15) is 20.7 Å². The van der Waals surface area contributed by atoms with E-state index in [1.165, 1.54) is 84.9 Å². The quantitative estimate of drug-likeness (QED) is 0.0579. The van der Waals surface area contributed by atoms with Gasteiger partial charge in [-0.3, -0.25) is 28.3 Å². The first-order chi connectivity index (χ1) is 25.5. The van der Waals surface area contributed by atoms with Gasteiger partial charge in [-0.2, -0.15) is 16.8 Å². The lowest BCUT2D eigenvalue weighted by Crippen LogP contribution is -2.29. The van der Waals surface area contributed by atoms with Gasteiger partial charge in [0.1, 0.15) is 11.5 Å². The molecule has 8 N–H and O–H groups in total. The molecule has 0 radical (unpaired) electrons. The number of amides is 4. The summed E-state index contributed by atoms with van der Waals surface area (Å²) in [6.45, 7) is 0. The van der Waals surface area contributed by atoms with E-state index in [2.05, 4.69) is 21.3 Å². The number of rotatable bonds is 8. The summed E-state index contributed by atoms with van der Waals surface area (Å²) in [5.41, 5.74) is -0.0318. The van der Waals surface area contributed by atoms with Crippen LogP contribution < -0.4 is 21.3 Å². The number of carbonyl (C=O) groups excluding carboxylic acids is 4. The lowest BCUT2D eigenvalue weighted by atomic mass is 10.1. The Hall–Kier alpha value is -6.86. The number of phenols is 2. The van der Waals surface area contributed by atoms with Crippen molar-refractivity contribution in [2.75, 3.05) is 21.3 Å². The number of carbonyl (C=O) groups is 4. The van der Waals surface area contributed by atoms with Crippen molar-refractivity contribution < 1.29 is 55.3 Å². The van der Waals surface area contributed by atoms with Crippen LogP contribution in [0, 0.1) is 0 Å². The summed E-state index contributed by atoms with van der Waals surface area (Å²) in [6, 6.07) is 23.9. The Morgan fingerprint density at radius 2 is 0.833 bits per heavy atom. The predicted molar refractivity (Wildman–Crippen MR) is 197 cm³/mol. The topological polar surface area (TPSA) is 266 Å². The van der Waals surface area contributed by atoms with Gasteiger partial charge in [0, 0.05) is 33.3 Å². The van der Waals surface area contributed by atoms with Gasteiger partial charge in [-0.05, 0) is 83.6 Å². The molecule has 0 fully saturated rings. The SMILES string of the molecule is O=C(Nc1cccc(C(=O)Nc2ccc3ccc(S(=O)(=O)O)cc3c2O)c1)C(=O)Nc1cccc(C(=O)Nc2ccc3ccc(S(=O)(=O)O)cc3c2O)c1. The summed E-state index contributed by atoms with van der Waals surface area (Å²) in [7, 11) is -9.12. The number of phenolic OH excluding ortho intramolecular Hbond substituents is 2. The van der Waals surface area contributed by atoms with Gasteiger partial charge < -0.3 is 31.5 Å². The smallest absolute Gasteiger partial charge is 0.314 e. The Morgan fingerprint density at radius 3 is 1.20 bits per heavy atom. The molecule has 274 valence electrons. The highest BCUT2D eigenvalue weighted by Crippen LogP contribution is 2.36. The monoisotopic (exact) mass is 770 g/mol. The van der Waals surface area contributed by atoms with Gasteiger partial charge in [0.25, 0.3) is 32.1 Å². The molecule has 0 spiro atoms. The van der Waals surface area contributed by atoms with Crippen LogP contribution in [-0.2, 0) is 29.8 Å². The molecule has 6 aromatic rings. The van der Waals surface area contributed by atoms with Crippen molar-refractivity contribution in [3.05, 3.63) is 120 Å². The maximum absolute atomic E-state index is 13.0. The van der Waals surface area contributed by atoms with Crippen LogP contribution in [-0.4, -0.2) is 59.8 Å². The third kappa shape index (κ3) is 7.96.